The molecule has 0 aliphatic heterocycles. The van der Waals surface area contributed by atoms with Gasteiger partial charge < -0.3 is 4.98 Å². The molecule has 3 aromatic carbocycles. The molecule has 2 heterocycles. The summed E-state index contributed by atoms with van der Waals surface area (Å²) in [4.78, 5) is 7.91. The van der Waals surface area contributed by atoms with E-state index in [4.69, 9.17) is 0 Å². The lowest BCUT2D eigenvalue weighted by molar-refractivity contribution is 1.33. The first-order valence-electron chi connectivity index (χ1n) is 8.40. The second-order valence-corrected chi connectivity index (χ2v) is 6.25. The lowest BCUT2D eigenvalue weighted by Gasteiger charge is -2.05. The zero-order valence-corrected chi connectivity index (χ0v) is 13.6. The fourth-order valence-corrected chi connectivity index (χ4v) is 3.39. The SMILES string of the molecule is c1ccc(-c2c[nH]c3ncc(-c4ccc5ccccc5c4)cc23)cc1. The van der Waals surface area contributed by atoms with Crippen LogP contribution in [0.1, 0.15) is 0 Å². The van der Waals surface area contributed by atoms with E-state index in [9.17, 15) is 0 Å². The molecule has 0 bridgehead atoms. The number of aromatic amines is 1. The van der Waals surface area contributed by atoms with E-state index in [-0.39, 0.29) is 0 Å². The number of aromatic nitrogens is 2. The molecule has 25 heavy (non-hydrogen) atoms. The lowest BCUT2D eigenvalue weighted by atomic mass is 10.00. The van der Waals surface area contributed by atoms with Crippen LogP contribution in [0.25, 0.3) is 44.1 Å². The van der Waals surface area contributed by atoms with Gasteiger partial charge in [0.15, 0.2) is 0 Å². The Morgan fingerprint density at radius 1 is 0.640 bits per heavy atom. The van der Waals surface area contributed by atoms with Crippen molar-refractivity contribution in [3.05, 3.63) is 91.3 Å². The molecular formula is C23H16N2. The van der Waals surface area contributed by atoms with Gasteiger partial charge in [0.05, 0.1) is 0 Å². The van der Waals surface area contributed by atoms with Crippen LogP contribution in [0.4, 0.5) is 0 Å². The number of H-pyrrole nitrogens is 1. The van der Waals surface area contributed by atoms with Crippen LogP contribution in [0, 0.1) is 0 Å². The van der Waals surface area contributed by atoms with E-state index >= 15 is 0 Å². The highest BCUT2D eigenvalue weighted by Gasteiger charge is 2.09. The van der Waals surface area contributed by atoms with E-state index in [2.05, 4.69) is 82.8 Å². The van der Waals surface area contributed by atoms with Crippen LogP contribution in [0.5, 0.6) is 0 Å². The molecule has 118 valence electrons. The number of nitrogens with one attached hydrogen (secondary N) is 1. The third kappa shape index (κ3) is 2.39. The lowest BCUT2D eigenvalue weighted by Crippen LogP contribution is -1.83. The van der Waals surface area contributed by atoms with Crippen LogP contribution >= 0.6 is 0 Å². The number of fused-ring (bicyclic) bond motifs is 2. The maximum absolute atomic E-state index is 4.63. The van der Waals surface area contributed by atoms with Crippen molar-refractivity contribution in [1.29, 1.82) is 0 Å². The Bertz CT molecular complexity index is 1190. The molecule has 0 saturated heterocycles. The Hall–Kier alpha value is -3.39. The van der Waals surface area contributed by atoms with Crippen LogP contribution in [0.2, 0.25) is 0 Å². The minimum absolute atomic E-state index is 0.920. The van der Waals surface area contributed by atoms with Crippen LogP contribution in [0.3, 0.4) is 0 Å². The molecule has 0 fully saturated rings. The minimum Gasteiger partial charge on any atom is -0.346 e. The predicted molar refractivity (Wildman–Crippen MR) is 104 cm³/mol. The second kappa shape index (κ2) is 5.60. The highest BCUT2D eigenvalue weighted by atomic mass is 14.8. The molecule has 2 aromatic heterocycles. The van der Waals surface area contributed by atoms with Crippen molar-refractivity contribution < 1.29 is 0 Å². The molecule has 0 saturated carbocycles. The summed E-state index contributed by atoms with van der Waals surface area (Å²) in [5, 5.41) is 3.65. The maximum atomic E-state index is 4.63. The average Bonchev–Trinajstić information content (AvgIpc) is 3.11. The quantitative estimate of drug-likeness (QED) is 0.421. The Kier molecular flexibility index (Phi) is 3.14. The highest BCUT2D eigenvalue weighted by Crippen LogP contribution is 2.31. The fraction of sp³-hybridized carbons (Fsp3) is 0. The standard InChI is InChI=1S/C23H16N2/c1-2-7-17(8-3-1)22-15-25-23-21(22)13-20(14-24-23)19-11-10-16-6-4-5-9-18(16)12-19/h1-15H,(H,24,25). The molecule has 5 aromatic rings. The van der Waals surface area contributed by atoms with Gasteiger partial charge in [0.1, 0.15) is 5.65 Å². The van der Waals surface area contributed by atoms with Gasteiger partial charge in [0, 0.05) is 28.9 Å². The van der Waals surface area contributed by atoms with Crippen molar-refractivity contribution >= 4 is 21.8 Å². The summed E-state index contributed by atoms with van der Waals surface area (Å²) in [6.07, 6.45) is 3.98. The van der Waals surface area contributed by atoms with E-state index in [1.54, 1.807) is 0 Å². The van der Waals surface area contributed by atoms with Gasteiger partial charge in [-0.15, -0.1) is 0 Å². The summed E-state index contributed by atoms with van der Waals surface area (Å²) in [7, 11) is 0. The first-order chi connectivity index (χ1) is 12.4. The molecule has 2 nitrogen and oxygen atoms in total. The number of rotatable bonds is 2. The largest absolute Gasteiger partial charge is 0.346 e. The second-order valence-electron chi connectivity index (χ2n) is 6.25. The molecule has 2 heteroatoms. The van der Waals surface area contributed by atoms with Gasteiger partial charge in [-0.1, -0.05) is 66.7 Å². The molecule has 0 atom stereocenters. The van der Waals surface area contributed by atoms with Crippen molar-refractivity contribution in [1.82, 2.24) is 9.97 Å². The van der Waals surface area contributed by atoms with E-state index in [0.717, 1.165) is 16.6 Å². The van der Waals surface area contributed by atoms with E-state index in [1.807, 2.05) is 18.5 Å². The average molecular weight is 320 g/mol. The predicted octanol–water partition coefficient (Wildman–Crippen LogP) is 6.05. The van der Waals surface area contributed by atoms with Gasteiger partial charge in [-0.3, -0.25) is 0 Å². The molecule has 1 N–H and O–H groups in total. The Morgan fingerprint density at radius 3 is 2.32 bits per heavy atom. The molecule has 0 unspecified atom stereocenters. The van der Waals surface area contributed by atoms with Gasteiger partial charge in [0.25, 0.3) is 0 Å². The van der Waals surface area contributed by atoms with Gasteiger partial charge >= 0.3 is 0 Å². The number of hydrogen-bond acceptors (Lipinski definition) is 1. The fourth-order valence-electron chi connectivity index (χ4n) is 3.39. The highest BCUT2D eigenvalue weighted by molar-refractivity contribution is 5.96. The van der Waals surface area contributed by atoms with Crippen LogP contribution in [-0.4, -0.2) is 9.97 Å². The van der Waals surface area contributed by atoms with Gasteiger partial charge in [-0.2, -0.15) is 0 Å². The third-order valence-electron chi connectivity index (χ3n) is 4.70. The Balaban J connectivity index is 1.68. The molecule has 0 radical (unpaired) electrons. The first-order valence-corrected chi connectivity index (χ1v) is 8.40. The summed E-state index contributed by atoms with van der Waals surface area (Å²) in [6, 6.07) is 27.7. The number of hydrogen-bond donors (Lipinski definition) is 1. The van der Waals surface area contributed by atoms with Crippen LogP contribution in [0.15, 0.2) is 91.3 Å². The van der Waals surface area contributed by atoms with Gasteiger partial charge in [-0.25, -0.2) is 4.98 Å². The Labute approximate surface area is 145 Å². The molecule has 5 rings (SSSR count). The molecule has 0 spiro atoms. The molecular weight excluding hydrogens is 304 g/mol. The first kappa shape index (κ1) is 14.0. The van der Waals surface area contributed by atoms with Crippen molar-refractivity contribution in [3.8, 4) is 22.3 Å². The zero-order chi connectivity index (χ0) is 16.6. The molecule has 0 amide bonds. The number of nitrogens with zero attached hydrogens (tertiary/aromatic N) is 1. The maximum Gasteiger partial charge on any atom is 0.137 e. The summed E-state index contributed by atoms with van der Waals surface area (Å²) >= 11 is 0. The summed E-state index contributed by atoms with van der Waals surface area (Å²) < 4.78 is 0. The van der Waals surface area contributed by atoms with Crippen molar-refractivity contribution in [2.45, 2.75) is 0 Å². The zero-order valence-electron chi connectivity index (χ0n) is 13.6. The number of benzene rings is 3. The van der Waals surface area contributed by atoms with Gasteiger partial charge in [0.2, 0.25) is 0 Å². The number of pyridine rings is 1. The van der Waals surface area contributed by atoms with Crippen molar-refractivity contribution in [2.24, 2.45) is 0 Å². The summed E-state index contributed by atoms with van der Waals surface area (Å²) in [5.74, 6) is 0. The third-order valence-corrected chi connectivity index (χ3v) is 4.70. The monoisotopic (exact) mass is 320 g/mol. The minimum atomic E-state index is 0.920. The topological polar surface area (TPSA) is 28.7 Å². The summed E-state index contributed by atoms with van der Waals surface area (Å²) in [5.41, 5.74) is 5.63. The molecule has 0 aliphatic rings. The van der Waals surface area contributed by atoms with E-state index in [0.29, 0.717) is 0 Å². The van der Waals surface area contributed by atoms with Crippen LogP contribution < -0.4 is 0 Å². The van der Waals surface area contributed by atoms with E-state index in [1.165, 1.54) is 27.5 Å². The molecule has 0 aliphatic carbocycles. The van der Waals surface area contributed by atoms with Crippen molar-refractivity contribution in [2.75, 3.05) is 0 Å². The smallest absolute Gasteiger partial charge is 0.137 e. The van der Waals surface area contributed by atoms with Gasteiger partial charge in [-0.05, 0) is 34.0 Å². The summed E-state index contributed by atoms with van der Waals surface area (Å²) in [6.45, 7) is 0. The van der Waals surface area contributed by atoms with E-state index < -0.39 is 0 Å². The van der Waals surface area contributed by atoms with Crippen molar-refractivity contribution in [3.63, 3.8) is 0 Å². The normalized spacial score (nSPS) is 11.2. The van der Waals surface area contributed by atoms with Crippen LogP contribution in [-0.2, 0) is 0 Å². The Morgan fingerprint density at radius 2 is 1.44 bits per heavy atom.